The Kier molecular flexibility index (Phi) is 4.02. The van der Waals surface area contributed by atoms with Crippen LogP contribution in [0.15, 0.2) is 18.2 Å². The molecule has 1 N–H and O–H groups in total. The van der Waals surface area contributed by atoms with Gasteiger partial charge in [-0.2, -0.15) is 0 Å². The van der Waals surface area contributed by atoms with E-state index in [-0.39, 0.29) is 5.25 Å². The zero-order valence-corrected chi connectivity index (χ0v) is 10.9. The molecular weight excluding hydrogens is 238 g/mol. The van der Waals surface area contributed by atoms with E-state index in [0.29, 0.717) is 5.75 Å². The normalized spacial score (nSPS) is 24.4. The SMILES string of the molecule is COc1ccc(OC)c(C2CNCCS2=O)c1. The summed E-state index contributed by atoms with van der Waals surface area (Å²) in [6.45, 7) is 1.53. The van der Waals surface area contributed by atoms with E-state index >= 15 is 0 Å². The molecule has 94 valence electrons. The number of ether oxygens (including phenoxy) is 2. The van der Waals surface area contributed by atoms with Crippen molar-refractivity contribution in [2.45, 2.75) is 5.25 Å². The minimum absolute atomic E-state index is 0.0196. The summed E-state index contributed by atoms with van der Waals surface area (Å²) in [5.41, 5.74) is 0.956. The molecule has 0 aromatic heterocycles. The zero-order chi connectivity index (χ0) is 12.3. The molecule has 1 aliphatic heterocycles. The highest BCUT2D eigenvalue weighted by Crippen LogP contribution is 2.33. The first kappa shape index (κ1) is 12.4. The lowest BCUT2D eigenvalue weighted by molar-refractivity contribution is 0.397. The lowest BCUT2D eigenvalue weighted by Crippen LogP contribution is -2.35. The first-order valence-corrected chi connectivity index (χ1v) is 6.94. The Bertz CT molecular complexity index is 422. The van der Waals surface area contributed by atoms with Gasteiger partial charge in [-0.1, -0.05) is 0 Å². The molecule has 1 aliphatic rings. The Balaban J connectivity index is 2.37. The highest BCUT2D eigenvalue weighted by atomic mass is 32.2. The summed E-state index contributed by atoms with van der Waals surface area (Å²) in [5, 5.41) is 3.24. The molecule has 4 nitrogen and oxygen atoms in total. The standard InChI is InChI=1S/C12H17NO3S/c1-15-9-3-4-11(16-2)10(7-9)12-8-13-5-6-17(12)14/h3-4,7,12-13H,5-6,8H2,1-2H3. The number of hydrogen-bond acceptors (Lipinski definition) is 4. The largest absolute Gasteiger partial charge is 0.497 e. The highest BCUT2D eigenvalue weighted by Gasteiger charge is 2.25. The summed E-state index contributed by atoms with van der Waals surface area (Å²) in [7, 11) is 2.41. The minimum atomic E-state index is -0.849. The second kappa shape index (κ2) is 5.51. The van der Waals surface area contributed by atoms with E-state index < -0.39 is 10.8 Å². The number of methoxy groups -OCH3 is 2. The molecule has 1 heterocycles. The van der Waals surface area contributed by atoms with Gasteiger partial charge < -0.3 is 14.8 Å². The molecule has 2 rings (SSSR count). The van der Waals surface area contributed by atoms with Crippen molar-refractivity contribution in [3.63, 3.8) is 0 Å². The second-order valence-electron chi connectivity index (χ2n) is 3.89. The van der Waals surface area contributed by atoms with Crippen molar-refractivity contribution >= 4 is 10.8 Å². The van der Waals surface area contributed by atoms with Crippen LogP contribution in [0.3, 0.4) is 0 Å². The van der Waals surface area contributed by atoms with Crippen LogP contribution < -0.4 is 14.8 Å². The minimum Gasteiger partial charge on any atom is -0.497 e. The van der Waals surface area contributed by atoms with Crippen molar-refractivity contribution in [2.75, 3.05) is 33.1 Å². The van der Waals surface area contributed by atoms with E-state index in [9.17, 15) is 4.21 Å². The zero-order valence-electron chi connectivity index (χ0n) is 10.1. The van der Waals surface area contributed by atoms with Crippen molar-refractivity contribution in [2.24, 2.45) is 0 Å². The summed E-state index contributed by atoms with van der Waals surface area (Å²) in [4.78, 5) is 0. The molecule has 0 spiro atoms. The van der Waals surface area contributed by atoms with Gasteiger partial charge in [0, 0.05) is 35.2 Å². The Morgan fingerprint density at radius 2 is 2.18 bits per heavy atom. The lowest BCUT2D eigenvalue weighted by Gasteiger charge is -2.24. The van der Waals surface area contributed by atoms with Gasteiger partial charge in [-0.05, 0) is 18.2 Å². The van der Waals surface area contributed by atoms with Crippen LogP contribution in [0.1, 0.15) is 10.8 Å². The van der Waals surface area contributed by atoms with E-state index in [1.54, 1.807) is 14.2 Å². The Hall–Kier alpha value is -1.07. The fraction of sp³-hybridized carbons (Fsp3) is 0.500. The number of rotatable bonds is 3. The van der Waals surface area contributed by atoms with Crippen LogP contribution in [-0.4, -0.2) is 37.3 Å². The Labute approximate surface area is 104 Å². The van der Waals surface area contributed by atoms with Gasteiger partial charge in [0.25, 0.3) is 0 Å². The van der Waals surface area contributed by atoms with Crippen LogP contribution in [0.4, 0.5) is 0 Å². The molecular formula is C12H17NO3S. The third kappa shape index (κ3) is 2.61. The molecule has 1 saturated heterocycles. The maximum Gasteiger partial charge on any atom is 0.123 e. The van der Waals surface area contributed by atoms with Crippen LogP contribution in [0, 0.1) is 0 Å². The van der Waals surface area contributed by atoms with Crippen molar-refractivity contribution in [3.8, 4) is 11.5 Å². The van der Waals surface area contributed by atoms with E-state index in [0.717, 1.165) is 30.2 Å². The molecule has 2 atom stereocenters. The summed E-state index contributed by atoms with van der Waals surface area (Å²) in [6, 6.07) is 5.62. The van der Waals surface area contributed by atoms with Gasteiger partial charge in [-0.15, -0.1) is 0 Å². The molecule has 1 aromatic rings. The maximum atomic E-state index is 12.0. The quantitative estimate of drug-likeness (QED) is 0.878. The molecule has 0 aliphatic carbocycles. The summed E-state index contributed by atoms with van der Waals surface area (Å²) < 4.78 is 22.6. The summed E-state index contributed by atoms with van der Waals surface area (Å²) in [5.74, 6) is 2.22. The fourth-order valence-corrected chi connectivity index (χ4v) is 3.38. The maximum absolute atomic E-state index is 12.0. The van der Waals surface area contributed by atoms with Crippen LogP contribution in [-0.2, 0) is 10.8 Å². The third-order valence-corrected chi connectivity index (χ3v) is 4.57. The number of benzene rings is 1. The van der Waals surface area contributed by atoms with Gasteiger partial charge in [0.1, 0.15) is 11.5 Å². The fourth-order valence-electron chi connectivity index (χ4n) is 1.98. The van der Waals surface area contributed by atoms with Gasteiger partial charge in [0.2, 0.25) is 0 Å². The topological polar surface area (TPSA) is 47.6 Å². The summed E-state index contributed by atoms with van der Waals surface area (Å²) in [6.07, 6.45) is 0. The molecule has 1 fully saturated rings. The van der Waals surface area contributed by atoms with Gasteiger partial charge >= 0.3 is 0 Å². The first-order valence-electron chi connectivity index (χ1n) is 5.56. The lowest BCUT2D eigenvalue weighted by atomic mass is 10.1. The predicted molar refractivity (Wildman–Crippen MR) is 68.2 cm³/mol. The molecule has 0 radical (unpaired) electrons. The van der Waals surface area contributed by atoms with E-state index in [2.05, 4.69) is 5.32 Å². The molecule has 1 aromatic carbocycles. The van der Waals surface area contributed by atoms with Gasteiger partial charge in [0.15, 0.2) is 0 Å². The van der Waals surface area contributed by atoms with Gasteiger partial charge in [0.05, 0.1) is 19.5 Å². The van der Waals surface area contributed by atoms with Crippen LogP contribution >= 0.6 is 0 Å². The van der Waals surface area contributed by atoms with Crippen LogP contribution in [0.5, 0.6) is 11.5 Å². The second-order valence-corrected chi connectivity index (χ2v) is 5.62. The molecule has 0 bridgehead atoms. The number of nitrogens with one attached hydrogen (secondary N) is 1. The summed E-state index contributed by atoms with van der Waals surface area (Å²) >= 11 is 0. The van der Waals surface area contributed by atoms with Crippen molar-refractivity contribution in [3.05, 3.63) is 23.8 Å². The van der Waals surface area contributed by atoms with Crippen LogP contribution in [0.25, 0.3) is 0 Å². The molecule has 17 heavy (non-hydrogen) atoms. The number of hydrogen-bond donors (Lipinski definition) is 1. The van der Waals surface area contributed by atoms with E-state index in [1.807, 2.05) is 18.2 Å². The third-order valence-electron chi connectivity index (χ3n) is 2.91. The predicted octanol–water partition coefficient (Wildman–Crippen LogP) is 1.10. The van der Waals surface area contributed by atoms with Crippen molar-refractivity contribution < 1.29 is 13.7 Å². The smallest absolute Gasteiger partial charge is 0.123 e. The van der Waals surface area contributed by atoms with Gasteiger partial charge in [-0.3, -0.25) is 4.21 Å². The van der Waals surface area contributed by atoms with Crippen molar-refractivity contribution in [1.29, 1.82) is 0 Å². The van der Waals surface area contributed by atoms with Crippen LogP contribution in [0.2, 0.25) is 0 Å². The average molecular weight is 255 g/mol. The van der Waals surface area contributed by atoms with Gasteiger partial charge in [-0.25, -0.2) is 0 Å². The average Bonchev–Trinajstić information content (AvgIpc) is 2.38. The highest BCUT2D eigenvalue weighted by molar-refractivity contribution is 7.85. The van der Waals surface area contributed by atoms with E-state index in [1.165, 1.54) is 0 Å². The molecule has 0 saturated carbocycles. The van der Waals surface area contributed by atoms with Crippen molar-refractivity contribution in [1.82, 2.24) is 5.32 Å². The Morgan fingerprint density at radius 1 is 1.35 bits per heavy atom. The molecule has 5 heteroatoms. The van der Waals surface area contributed by atoms with E-state index in [4.69, 9.17) is 9.47 Å². The first-order chi connectivity index (χ1) is 8.26. The Morgan fingerprint density at radius 3 is 2.82 bits per heavy atom. The molecule has 0 amide bonds. The monoisotopic (exact) mass is 255 g/mol. The molecule has 2 unspecified atom stereocenters.